The number of aldehydes is 1. The van der Waals surface area contributed by atoms with Gasteiger partial charge in [0.1, 0.15) is 5.69 Å². The number of aromatic nitrogens is 2. The van der Waals surface area contributed by atoms with Crippen LogP contribution in [0.25, 0.3) is 4.96 Å². The molecule has 2 heterocycles. The van der Waals surface area contributed by atoms with Crippen LogP contribution in [0.2, 0.25) is 0 Å². The van der Waals surface area contributed by atoms with E-state index in [9.17, 15) is 4.79 Å². The van der Waals surface area contributed by atoms with Crippen LogP contribution in [0, 0.1) is 11.3 Å². The lowest BCUT2D eigenvalue weighted by atomic mass is 10.2. The summed E-state index contributed by atoms with van der Waals surface area (Å²) in [6, 6.07) is 9.23. The van der Waals surface area contributed by atoms with E-state index in [0.29, 0.717) is 17.1 Å². The fraction of sp³-hybridized carbons (Fsp3) is 0.0714. The molecule has 20 heavy (non-hydrogen) atoms. The summed E-state index contributed by atoms with van der Waals surface area (Å²) >= 11 is 1.48. The fourth-order valence-electron chi connectivity index (χ4n) is 2.03. The second kappa shape index (κ2) is 4.79. The zero-order valence-electron chi connectivity index (χ0n) is 10.6. The highest BCUT2D eigenvalue weighted by atomic mass is 32.1. The molecule has 0 aliphatic carbocycles. The fourth-order valence-corrected chi connectivity index (χ4v) is 2.75. The molecule has 0 radical (unpaired) electrons. The van der Waals surface area contributed by atoms with Crippen LogP contribution >= 0.6 is 11.3 Å². The van der Waals surface area contributed by atoms with E-state index in [2.05, 4.69) is 11.1 Å². The first-order valence-corrected chi connectivity index (χ1v) is 6.77. The van der Waals surface area contributed by atoms with Gasteiger partial charge in [-0.1, -0.05) is 0 Å². The summed E-state index contributed by atoms with van der Waals surface area (Å²) in [6.07, 6.45) is 2.63. The average Bonchev–Trinajstić information content (AvgIpc) is 3.06. The van der Waals surface area contributed by atoms with Crippen LogP contribution in [0.5, 0.6) is 0 Å². The Hall–Kier alpha value is -2.65. The molecular formula is C14H10N4OS. The minimum atomic E-state index is 0.521. The number of hydrogen-bond acceptors (Lipinski definition) is 5. The largest absolute Gasteiger partial charge is 0.328 e. The van der Waals surface area contributed by atoms with Crippen LogP contribution in [0.1, 0.15) is 16.1 Å². The van der Waals surface area contributed by atoms with Crippen molar-refractivity contribution >= 4 is 34.1 Å². The van der Waals surface area contributed by atoms with Gasteiger partial charge < -0.3 is 4.90 Å². The van der Waals surface area contributed by atoms with E-state index in [1.807, 2.05) is 35.7 Å². The number of hydrogen-bond donors (Lipinski definition) is 0. The van der Waals surface area contributed by atoms with Crippen molar-refractivity contribution in [3.63, 3.8) is 0 Å². The number of imidazole rings is 1. The van der Waals surface area contributed by atoms with E-state index in [-0.39, 0.29) is 0 Å². The van der Waals surface area contributed by atoms with E-state index in [0.717, 1.165) is 16.9 Å². The van der Waals surface area contributed by atoms with Crippen molar-refractivity contribution in [1.82, 2.24) is 9.38 Å². The average molecular weight is 282 g/mol. The third kappa shape index (κ3) is 1.85. The molecule has 0 bridgehead atoms. The second-order valence-corrected chi connectivity index (χ2v) is 5.08. The number of rotatable bonds is 3. The van der Waals surface area contributed by atoms with Crippen LogP contribution in [0.3, 0.4) is 0 Å². The third-order valence-electron chi connectivity index (χ3n) is 3.09. The number of nitriles is 1. The van der Waals surface area contributed by atoms with Gasteiger partial charge in [-0.2, -0.15) is 5.26 Å². The van der Waals surface area contributed by atoms with Crippen molar-refractivity contribution in [2.45, 2.75) is 0 Å². The highest BCUT2D eigenvalue weighted by Crippen LogP contribution is 2.28. The lowest BCUT2D eigenvalue weighted by Crippen LogP contribution is -2.12. The Morgan fingerprint density at radius 1 is 1.40 bits per heavy atom. The summed E-state index contributed by atoms with van der Waals surface area (Å²) in [4.78, 5) is 18.4. The minimum absolute atomic E-state index is 0.521. The number of thiazole rings is 1. The number of benzene rings is 1. The summed E-state index contributed by atoms with van der Waals surface area (Å²) in [5.41, 5.74) is 1.99. The number of nitrogens with zero attached hydrogens (tertiary/aromatic N) is 4. The van der Waals surface area contributed by atoms with Gasteiger partial charge in [0.05, 0.1) is 11.6 Å². The van der Waals surface area contributed by atoms with Crippen molar-refractivity contribution in [3.8, 4) is 6.07 Å². The summed E-state index contributed by atoms with van der Waals surface area (Å²) < 4.78 is 1.77. The molecule has 0 saturated carbocycles. The first kappa shape index (κ1) is 12.4. The van der Waals surface area contributed by atoms with Crippen LogP contribution in [0.4, 0.5) is 11.5 Å². The molecule has 1 aromatic carbocycles. The molecule has 0 aliphatic rings. The van der Waals surface area contributed by atoms with Crippen molar-refractivity contribution in [3.05, 3.63) is 47.1 Å². The molecule has 98 valence electrons. The van der Waals surface area contributed by atoms with Crippen molar-refractivity contribution in [2.24, 2.45) is 0 Å². The smallest absolute Gasteiger partial charge is 0.196 e. The van der Waals surface area contributed by atoms with Gasteiger partial charge in [-0.3, -0.25) is 9.20 Å². The molecule has 0 atom stereocenters. The molecule has 0 aliphatic heterocycles. The Morgan fingerprint density at radius 2 is 2.15 bits per heavy atom. The molecule has 0 amide bonds. The number of fused-ring (bicyclic) bond motifs is 1. The maximum atomic E-state index is 11.3. The van der Waals surface area contributed by atoms with E-state index in [4.69, 9.17) is 5.26 Å². The molecule has 0 N–H and O–H groups in total. The third-order valence-corrected chi connectivity index (χ3v) is 3.85. The number of carbonyl (C=O) groups is 1. The van der Waals surface area contributed by atoms with E-state index < -0.39 is 0 Å². The SMILES string of the molecule is CN(c1ccc(C#N)cc1)c1nc2sccn2c1C=O. The molecule has 0 spiro atoms. The van der Waals surface area contributed by atoms with Crippen LogP contribution in [0.15, 0.2) is 35.8 Å². The Labute approximate surface area is 119 Å². The van der Waals surface area contributed by atoms with Crippen molar-refractivity contribution in [1.29, 1.82) is 5.26 Å². The maximum Gasteiger partial charge on any atom is 0.196 e. The van der Waals surface area contributed by atoms with E-state index in [1.165, 1.54) is 11.3 Å². The van der Waals surface area contributed by atoms with Gasteiger partial charge in [0.15, 0.2) is 17.1 Å². The number of carbonyl (C=O) groups excluding carboxylic acids is 1. The van der Waals surface area contributed by atoms with Gasteiger partial charge in [0.2, 0.25) is 0 Å². The molecule has 0 fully saturated rings. The van der Waals surface area contributed by atoms with E-state index >= 15 is 0 Å². The van der Waals surface area contributed by atoms with E-state index in [1.54, 1.807) is 16.5 Å². The molecular weight excluding hydrogens is 272 g/mol. The van der Waals surface area contributed by atoms with Gasteiger partial charge in [-0.15, -0.1) is 11.3 Å². The second-order valence-electron chi connectivity index (χ2n) is 4.21. The molecule has 3 rings (SSSR count). The Morgan fingerprint density at radius 3 is 2.80 bits per heavy atom. The topological polar surface area (TPSA) is 61.4 Å². The predicted molar refractivity (Wildman–Crippen MR) is 77.7 cm³/mol. The number of anilines is 2. The van der Waals surface area contributed by atoms with Gasteiger partial charge in [0, 0.05) is 24.3 Å². The highest BCUT2D eigenvalue weighted by Gasteiger charge is 2.17. The highest BCUT2D eigenvalue weighted by molar-refractivity contribution is 7.15. The van der Waals surface area contributed by atoms with Gasteiger partial charge in [-0.25, -0.2) is 4.98 Å². The molecule has 3 aromatic rings. The molecule has 5 nitrogen and oxygen atoms in total. The lowest BCUT2D eigenvalue weighted by molar-refractivity contribution is 0.111. The monoisotopic (exact) mass is 282 g/mol. The van der Waals surface area contributed by atoms with Gasteiger partial charge in [-0.05, 0) is 24.3 Å². The predicted octanol–water partition coefficient (Wildman–Crippen LogP) is 2.85. The Bertz CT molecular complexity index is 810. The summed E-state index contributed by atoms with van der Waals surface area (Å²) in [5.74, 6) is 0.608. The first-order valence-electron chi connectivity index (χ1n) is 5.89. The summed E-state index contributed by atoms with van der Waals surface area (Å²) in [6.45, 7) is 0. The first-order chi connectivity index (χ1) is 9.74. The normalized spacial score (nSPS) is 10.4. The van der Waals surface area contributed by atoms with Crippen molar-refractivity contribution < 1.29 is 4.79 Å². The van der Waals surface area contributed by atoms with Gasteiger partial charge in [0.25, 0.3) is 0 Å². The molecule has 2 aromatic heterocycles. The summed E-state index contributed by atoms with van der Waals surface area (Å²) in [5, 5.41) is 10.7. The molecule has 6 heteroatoms. The molecule has 0 saturated heterocycles. The Kier molecular flexibility index (Phi) is 2.97. The Balaban J connectivity index is 2.07. The van der Waals surface area contributed by atoms with Crippen LogP contribution in [-0.4, -0.2) is 22.7 Å². The lowest BCUT2D eigenvalue weighted by Gasteiger charge is -2.17. The zero-order valence-corrected chi connectivity index (χ0v) is 11.5. The molecule has 0 unspecified atom stereocenters. The van der Waals surface area contributed by atoms with Gasteiger partial charge >= 0.3 is 0 Å². The zero-order chi connectivity index (χ0) is 14.1. The maximum absolute atomic E-state index is 11.3. The van der Waals surface area contributed by atoms with Crippen LogP contribution in [-0.2, 0) is 0 Å². The summed E-state index contributed by atoms with van der Waals surface area (Å²) in [7, 11) is 1.85. The van der Waals surface area contributed by atoms with Crippen molar-refractivity contribution in [2.75, 3.05) is 11.9 Å². The quantitative estimate of drug-likeness (QED) is 0.693. The standard InChI is InChI=1S/C14H10N4OS/c1-17(11-4-2-10(8-15)3-5-11)13-12(9-19)18-6-7-20-14(18)16-13/h2-7,9H,1H3. The van der Waals surface area contributed by atoms with Crippen LogP contribution < -0.4 is 4.90 Å². The minimum Gasteiger partial charge on any atom is -0.328 e.